The Morgan fingerprint density at radius 3 is 2.50 bits per heavy atom. The summed E-state index contributed by atoms with van der Waals surface area (Å²) in [6.45, 7) is 7.19. The van der Waals surface area contributed by atoms with Crippen LogP contribution in [0, 0.1) is 16.0 Å². The Labute approximate surface area is 119 Å². The molecule has 0 radical (unpaired) electrons. The molecule has 5 heteroatoms. The van der Waals surface area contributed by atoms with Crippen LogP contribution in [0.4, 0.5) is 17.1 Å². The predicted molar refractivity (Wildman–Crippen MR) is 82.3 cm³/mol. The van der Waals surface area contributed by atoms with Crippen molar-refractivity contribution in [2.24, 2.45) is 5.92 Å². The lowest BCUT2D eigenvalue weighted by molar-refractivity contribution is -0.384. The summed E-state index contributed by atoms with van der Waals surface area (Å²) in [6, 6.07) is 5.15. The predicted octanol–water partition coefficient (Wildman–Crippen LogP) is 4.02. The number of hydrogen-bond donors (Lipinski definition) is 2. The topological polar surface area (TPSA) is 67.2 Å². The number of hydrogen-bond acceptors (Lipinski definition) is 4. The molecule has 5 nitrogen and oxygen atoms in total. The summed E-state index contributed by atoms with van der Waals surface area (Å²) >= 11 is 0. The number of anilines is 2. The van der Waals surface area contributed by atoms with Gasteiger partial charge in [-0.25, -0.2) is 0 Å². The molecule has 0 atom stereocenters. The van der Waals surface area contributed by atoms with Crippen LogP contribution < -0.4 is 10.6 Å². The number of nitrogens with zero attached hydrogens (tertiary/aromatic N) is 1. The molecule has 0 aromatic heterocycles. The van der Waals surface area contributed by atoms with Crippen molar-refractivity contribution in [3.05, 3.63) is 28.3 Å². The molecule has 0 spiro atoms. The van der Waals surface area contributed by atoms with Crippen LogP contribution in [-0.4, -0.2) is 17.0 Å². The number of nitro groups is 1. The van der Waals surface area contributed by atoms with Crippen molar-refractivity contribution in [1.82, 2.24) is 0 Å². The summed E-state index contributed by atoms with van der Waals surface area (Å²) in [6.07, 6.45) is 3.45. The second kappa shape index (κ2) is 5.69. The Morgan fingerprint density at radius 2 is 1.95 bits per heavy atom. The fourth-order valence-electron chi connectivity index (χ4n) is 2.44. The van der Waals surface area contributed by atoms with Crippen molar-refractivity contribution in [2.75, 3.05) is 17.2 Å². The Morgan fingerprint density at radius 1 is 1.30 bits per heavy atom. The van der Waals surface area contributed by atoms with Gasteiger partial charge in [0.15, 0.2) is 0 Å². The van der Waals surface area contributed by atoms with Gasteiger partial charge in [-0.3, -0.25) is 10.1 Å². The average molecular weight is 277 g/mol. The molecule has 1 fully saturated rings. The molecule has 2 rings (SSSR count). The highest BCUT2D eigenvalue weighted by Gasteiger charge is 2.37. The molecule has 1 saturated carbocycles. The number of nitrogens with one attached hydrogen (secondary N) is 2. The Kier molecular flexibility index (Phi) is 4.16. The zero-order chi connectivity index (χ0) is 14.8. The van der Waals surface area contributed by atoms with E-state index in [9.17, 15) is 10.1 Å². The lowest BCUT2D eigenvalue weighted by atomic mass is 9.98. The standard InChI is InChI=1S/C15H23N3O2/c1-4-7-16-12-8-13(10-14(9-12)18(19)20)17-15(2,3)11-5-6-11/h8-11,16-17H,4-7H2,1-3H3. The number of benzene rings is 1. The van der Waals surface area contributed by atoms with E-state index in [1.165, 1.54) is 12.8 Å². The summed E-state index contributed by atoms with van der Waals surface area (Å²) in [4.78, 5) is 10.7. The molecule has 0 unspecified atom stereocenters. The van der Waals surface area contributed by atoms with Gasteiger partial charge in [0.05, 0.1) is 4.92 Å². The second-order valence-electron chi connectivity index (χ2n) is 6.07. The van der Waals surface area contributed by atoms with Gasteiger partial charge in [0.25, 0.3) is 5.69 Å². The van der Waals surface area contributed by atoms with E-state index in [2.05, 4.69) is 31.4 Å². The van der Waals surface area contributed by atoms with E-state index in [1.807, 2.05) is 6.07 Å². The van der Waals surface area contributed by atoms with E-state index in [0.29, 0.717) is 5.92 Å². The molecule has 1 aromatic carbocycles. The molecule has 110 valence electrons. The second-order valence-corrected chi connectivity index (χ2v) is 6.07. The minimum Gasteiger partial charge on any atom is -0.385 e. The maximum absolute atomic E-state index is 11.0. The maximum atomic E-state index is 11.0. The van der Waals surface area contributed by atoms with Gasteiger partial charge in [0, 0.05) is 35.6 Å². The molecule has 20 heavy (non-hydrogen) atoms. The zero-order valence-corrected chi connectivity index (χ0v) is 12.4. The number of nitro benzene ring substituents is 1. The Hall–Kier alpha value is -1.78. The molecule has 0 heterocycles. The van der Waals surface area contributed by atoms with E-state index in [-0.39, 0.29) is 16.1 Å². The number of non-ortho nitro benzene ring substituents is 1. The quantitative estimate of drug-likeness (QED) is 0.583. The summed E-state index contributed by atoms with van der Waals surface area (Å²) in [5, 5.41) is 17.7. The van der Waals surface area contributed by atoms with Gasteiger partial charge < -0.3 is 10.6 Å². The summed E-state index contributed by atoms with van der Waals surface area (Å²) < 4.78 is 0. The zero-order valence-electron chi connectivity index (χ0n) is 12.4. The van der Waals surface area contributed by atoms with Crippen LogP contribution in [-0.2, 0) is 0 Å². The number of rotatable bonds is 7. The van der Waals surface area contributed by atoms with Gasteiger partial charge in [-0.2, -0.15) is 0 Å². The van der Waals surface area contributed by atoms with Crippen molar-refractivity contribution in [3.63, 3.8) is 0 Å². The third kappa shape index (κ3) is 3.62. The van der Waals surface area contributed by atoms with Crippen LogP contribution in [0.5, 0.6) is 0 Å². The van der Waals surface area contributed by atoms with Crippen LogP contribution in [0.3, 0.4) is 0 Å². The largest absolute Gasteiger partial charge is 0.385 e. The first-order chi connectivity index (χ1) is 9.42. The van der Waals surface area contributed by atoms with Crippen molar-refractivity contribution < 1.29 is 4.92 Å². The van der Waals surface area contributed by atoms with E-state index in [0.717, 1.165) is 24.3 Å². The molecule has 0 aliphatic heterocycles. The van der Waals surface area contributed by atoms with Gasteiger partial charge in [-0.1, -0.05) is 6.92 Å². The van der Waals surface area contributed by atoms with Gasteiger partial charge in [-0.05, 0) is 45.1 Å². The van der Waals surface area contributed by atoms with Crippen LogP contribution >= 0.6 is 0 Å². The SMILES string of the molecule is CCCNc1cc(NC(C)(C)C2CC2)cc([N+](=O)[O-])c1. The first kappa shape index (κ1) is 14.6. The molecule has 0 bridgehead atoms. The lowest BCUT2D eigenvalue weighted by Gasteiger charge is -2.27. The summed E-state index contributed by atoms with van der Waals surface area (Å²) in [5.41, 5.74) is 1.72. The third-order valence-corrected chi connectivity index (χ3v) is 3.77. The van der Waals surface area contributed by atoms with Crippen molar-refractivity contribution in [3.8, 4) is 0 Å². The summed E-state index contributed by atoms with van der Waals surface area (Å²) in [7, 11) is 0. The van der Waals surface area contributed by atoms with E-state index in [4.69, 9.17) is 0 Å². The molecule has 0 saturated heterocycles. The van der Waals surface area contributed by atoms with Gasteiger partial charge in [-0.15, -0.1) is 0 Å². The highest BCUT2D eigenvalue weighted by atomic mass is 16.6. The average Bonchev–Trinajstić information content (AvgIpc) is 3.20. The Bertz CT molecular complexity index is 496. The van der Waals surface area contributed by atoms with Crippen LogP contribution in [0.15, 0.2) is 18.2 Å². The normalized spacial score (nSPS) is 14.9. The van der Waals surface area contributed by atoms with Gasteiger partial charge in [0.2, 0.25) is 0 Å². The molecule has 1 aliphatic rings. The molecule has 0 amide bonds. The molecular weight excluding hydrogens is 254 g/mol. The van der Waals surface area contributed by atoms with Crippen LogP contribution in [0.1, 0.15) is 40.0 Å². The first-order valence-electron chi connectivity index (χ1n) is 7.24. The fourth-order valence-corrected chi connectivity index (χ4v) is 2.44. The molecular formula is C15H23N3O2. The van der Waals surface area contributed by atoms with Crippen LogP contribution in [0.25, 0.3) is 0 Å². The Balaban J connectivity index is 2.21. The smallest absolute Gasteiger partial charge is 0.273 e. The van der Waals surface area contributed by atoms with E-state index >= 15 is 0 Å². The van der Waals surface area contributed by atoms with Crippen molar-refractivity contribution >= 4 is 17.1 Å². The summed E-state index contributed by atoms with van der Waals surface area (Å²) in [5.74, 6) is 0.661. The third-order valence-electron chi connectivity index (χ3n) is 3.77. The van der Waals surface area contributed by atoms with Gasteiger partial charge >= 0.3 is 0 Å². The lowest BCUT2D eigenvalue weighted by Crippen LogP contribution is -2.33. The molecule has 2 N–H and O–H groups in total. The van der Waals surface area contributed by atoms with Crippen LogP contribution in [0.2, 0.25) is 0 Å². The van der Waals surface area contributed by atoms with Gasteiger partial charge in [0.1, 0.15) is 0 Å². The molecule has 1 aromatic rings. The minimum absolute atomic E-state index is 0.0166. The molecule has 1 aliphatic carbocycles. The monoisotopic (exact) mass is 277 g/mol. The highest BCUT2D eigenvalue weighted by Crippen LogP contribution is 2.41. The van der Waals surface area contributed by atoms with E-state index < -0.39 is 0 Å². The highest BCUT2D eigenvalue weighted by molar-refractivity contribution is 5.64. The first-order valence-corrected chi connectivity index (χ1v) is 7.24. The van der Waals surface area contributed by atoms with Crippen molar-refractivity contribution in [2.45, 2.75) is 45.6 Å². The van der Waals surface area contributed by atoms with E-state index in [1.54, 1.807) is 12.1 Å². The van der Waals surface area contributed by atoms with Crippen molar-refractivity contribution in [1.29, 1.82) is 0 Å². The fraction of sp³-hybridized carbons (Fsp3) is 0.600. The minimum atomic E-state index is -0.341. The maximum Gasteiger partial charge on any atom is 0.273 e.